The lowest BCUT2D eigenvalue weighted by Gasteiger charge is -2.26. The van der Waals surface area contributed by atoms with Crippen LogP contribution in [0.3, 0.4) is 0 Å². The first-order valence-electron chi connectivity index (χ1n) is 5.11. The van der Waals surface area contributed by atoms with Crippen molar-refractivity contribution in [2.24, 2.45) is 5.41 Å². The molecule has 1 fully saturated rings. The van der Waals surface area contributed by atoms with Crippen LogP contribution in [-0.4, -0.2) is 32.6 Å². The van der Waals surface area contributed by atoms with Gasteiger partial charge in [0.2, 0.25) is 0 Å². The van der Waals surface area contributed by atoms with Crippen molar-refractivity contribution in [2.45, 2.75) is 38.9 Å². The molecule has 1 heterocycles. The third-order valence-corrected chi connectivity index (χ3v) is 5.07. The summed E-state index contributed by atoms with van der Waals surface area (Å²) < 4.78 is 29.1. The van der Waals surface area contributed by atoms with Crippen molar-refractivity contribution >= 4 is 9.84 Å². The molecule has 0 aliphatic carbocycles. The molecule has 1 rings (SSSR count). The predicted molar refractivity (Wildman–Crippen MR) is 57.1 cm³/mol. The first kappa shape index (κ1) is 12.0. The van der Waals surface area contributed by atoms with Crippen LogP contribution in [-0.2, 0) is 14.6 Å². The van der Waals surface area contributed by atoms with E-state index in [1.807, 2.05) is 20.8 Å². The number of sulfone groups is 1. The molecule has 0 spiro atoms. The molecule has 0 aromatic carbocycles. The standard InChI is InChI=1S/C10H20O3S/c1-10(2,3)8-14(11,12)9-4-6-13-7-5-9/h9H,4-8H2,1-3H3. The Balaban J connectivity index is 2.64. The lowest BCUT2D eigenvalue weighted by Crippen LogP contribution is -2.34. The molecule has 84 valence electrons. The molecule has 0 saturated carbocycles. The van der Waals surface area contributed by atoms with Crippen LogP contribution in [0.1, 0.15) is 33.6 Å². The number of hydrogen-bond acceptors (Lipinski definition) is 3. The van der Waals surface area contributed by atoms with Gasteiger partial charge in [-0.1, -0.05) is 20.8 Å². The van der Waals surface area contributed by atoms with E-state index >= 15 is 0 Å². The van der Waals surface area contributed by atoms with Crippen LogP contribution < -0.4 is 0 Å². The van der Waals surface area contributed by atoms with Crippen molar-refractivity contribution in [2.75, 3.05) is 19.0 Å². The van der Waals surface area contributed by atoms with Crippen LogP contribution >= 0.6 is 0 Å². The van der Waals surface area contributed by atoms with E-state index in [9.17, 15) is 8.42 Å². The van der Waals surface area contributed by atoms with Crippen molar-refractivity contribution in [3.63, 3.8) is 0 Å². The van der Waals surface area contributed by atoms with Crippen LogP contribution in [0.5, 0.6) is 0 Å². The Kier molecular flexibility index (Phi) is 3.58. The second-order valence-corrected chi connectivity index (χ2v) is 7.46. The summed E-state index contributed by atoms with van der Waals surface area (Å²) in [5, 5.41) is -0.171. The molecule has 0 atom stereocenters. The molecule has 0 unspecified atom stereocenters. The largest absolute Gasteiger partial charge is 0.381 e. The molecular weight excluding hydrogens is 200 g/mol. The van der Waals surface area contributed by atoms with Crippen LogP contribution in [0, 0.1) is 5.41 Å². The summed E-state index contributed by atoms with van der Waals surface area (Å²) in [7, 11) is -2.92. The highest BCUT2D eigenvalue weighted by Crippen LogP contribution is 2.23. The molecule has 14 heavy (non-hydrogen) atoms. The van der Waals surface area contributed by atoms with Crippen LogP contribution in [0.4, 0.5) is 0 Å². The fourth-order valence-electron chi connectivity index (χ4n) is 1.76. The molecule has 3 nitrogen and oxygen atoms in total. The zero-order valence-corrected chi connectivity index (χ0v) is 10.1. The minimum Gasteiger partial charge on any atom is -0.381 e. The van der Waals surface area contributed by atoms with Gasteiger partial charge in [0.1, 0.15) is 0 Å². The van der Waals surface area contributed by atoms with Gasteiger partial charge < -0.3 is 4.74 Å². The van der Waals surface area contributed by atoms with Crippen LogP contribution in [0.2, 0.25) is 0 Å². The molecule has 0 N–H and O–H groups in total. The van der Waals surface area contributed by atoms with Gasteiger partial charge in [-0.15, -0.1) is 0 Å². The maximum Gasteiger partial charge on any atom is 0.153 e. The van der Waals surface area contributed by atoms with Crippen molar-refractivity contribution in [3.05, 3.63) is 0 Å². The summed E-state index contributed by atoms with van der Waals surface area (Å²) in [4.78, 5) is 0. The zero-order chi connectivity index (χ0) is 10.8. The quantitative estimate of drug-likeness (QED) is 0.710. The molecule has 0 amide bonds. The lowest BCUT2D eigenvalue weighted by molar-refractivity contribution is 0.0982. The van der Waals surface area contributed by atoms with E-state index in [-0.39, 0.29) is 16.4 Å². The second kappa shape index (κ2) is 4.19. The van der Waals surface area contributed by atoms with Gasteiger partial charge in [-0.25, -0.2) is 8.42 Å². The minimum absolute atomic E-state index is 0.142. The van der Waals surface area contributed by atoms with Crippen LogP contribution in [0.25, 0.3) is 0 Å². The van der Waals surface area contributed by atoms with E-state index in [0.717, 1.165) is 0 Å². The Morgan fingerprint density at radius 2 is 1.71 bits per heavy atom. The zero-order valence-electron chi connectivity index (χ0n) is 9.25. The monoisotopic (exact) mass is 220 g/mol. The summed E-state index contributed by atoms with van der Waals surface area (Å²) in [6.45, 7) is 7.07. The average Bonchev–Trinajstić information content (AvgIpc) is 2.01. The van der Waals surface area contributed by atoms with Gasteiger partial charge in [0.25, 0.3) is 0 Å². The van der Waals surface area contributed by atoms with Crippen molar-refractivity contribution in [3.8, 4) is 0 Å². The van der Waals surface area contributed by atoms with Crippen molar-refractivity contribution in [1.29, 1.82) is 0 Å². The fraction of sp³-hybridized carbons (Fsp3) is 1.00. The highest BCUT2D eigenvalue weighted by atomic mass is 32.2. The van der Waals surface area contributed by atoms with Gasteiger partial charge >= 0.3 is 0 Å². The van der Waals surface area contributed by atoms with Gasteiger partial charge in [-0.05, 0) is 18.3 Å². The normalized spacial score (nSPS) is 21.1. The third-order valence-electron chi connectivity index (χ3n) is 2.31. The van der Waals surface area contributed by atoms with Crippen molar-refractivity contribution in [1.82, 2.24) is 0 Å². The summed E-state index contributed by atoms with van der Waals surface area (Å²) in [6, 6.07) is 0. The van der Waals surface area contributed by atoms with Gasteiger partial charge in [0.05, 0.1) is 11.0 Å². The predicted octanol–water partition coefficient (Wildman–Crippen LogP) is 1.63. The van der Waals surface area contributed by atoms with Crippen molar-refractivity contribution < 1.29 is 13.2 Å². The molecule has 0 radical (unpaired) electrons. The third kappa shape index (κ3) is 3.58. The highest BCUT2D eigenvalue weighted by Gasteiger charge is 2.31. The highest BCUT2D eigenvalue weighted by molar-refractivity contribution is 7.92. The number of rotatable bonds is 2. The molecule has 1 aliphatic rings. The molecule has 0 aromatic heterocycles. The van der Waals surface area contributed by atoms with Gasteiger partial charge in [0.15, 0.2) is 9.84 Å². The summed E-state index contributed by atoms with van der Waals surface area (Å²) >= 11 is 0. The number of hydrogen-bond donors (Lipinski definition) is 0. The van der Waals surface area contributed by atoms with E-state index in [0.29, 0.717) is 26.1 Å². The van der Waals surface area contributed by atoms with E-state index in [4.69, 9.17) is 4.74 Å². The Morgan fingerprint density at radius 1 is 1.21 bits per heavy atom. The maximum absolute atomic E-state index is 11.9. The van der Waals surface area contributed by atoms with Gasteiger partial charge in [-0.2, -0.15) is 0 Å². The van der Waals surface area contributed by atoms with Gasteiger partial charge in [-0.3, -0.25) is 0 Å². The Morgan fingerprint density at radius 3 is 2.14 bits per heavy atom. The minimum atomic E-state index is -2.92. The maximum atomic E-state index is 11.9. The smallest absolute Gasteiger partial charge is 0.153 e. The SMILES string of the molecule is CC(C)(C)CS(=O)(=O)C1CCOCC1. The van der Waals surface area contributed by atoms with Gasteiger partial charge in [0, 0.05) is 13.2 Å². The van der Waals surface area contributed by atoms with E-state index < -0.39 is 9.84 Å². The van der Waals surface area contributed by atoms with Crippen LogP contribution in [0.15, 0.2) is 0 Å². The molecule has 4 heteroatoms. The topological polar surface area (TPSA) is 43.4 Å². The molecule has 0 bridgehead atoms. The molecule has 1 aliphatic heterocycles. The van der Waals surface area contributed by atoms with E-state index in [2.05, 4.69) is 0 Å². The Bertz CT molecular complexity index is 268. The van der Waals surface area contributed by atoms with E-state index in [1.54, 1.807) is 0 Å². The number of ether oxygens (including phenoxy) is 1. The summed E-state index contributed by atoms with van der Waals surface area (Å²) in [5.74, 6) is 0.282. The fourth-order valence-corrected chi connectivity index (χ4v) is 4.11. The molecule has 1 saturated heterocycles. The second-order valence-electron chi connectivity index (χ2n) is 5.18. The molecular formula is C10H20O3S. The Labute approximate surface area is 86.8 Å². The first-order valence-corrected chi connectivity index (χ1v) is 6.82. The summed E-state index contributed by atoms with van der Waals surface area (Å²) in [5.41, 5.74) is -0.142. The average molecular weight is 220 g/mol. The lowest BCUT2D eigenvalue weighted by atomic mass is 10.0. The summed E-state index contributed by atoms with van der Waals surface area (Å²) in [6.07, 6.45) is 1.33. The first-order chi connectivity index (χ1) is 6.31. The van der Waals surface area contributed by atoms with E-state index in [1.165, 1.54) is 0 Å². The Hall–Kier alpha value is -0.0900. The molecule has 0 aromatic rings.